The van der Waals surface area contributed by atoms with Crippen LogP contribution in [0.4, 0.5) is 8.78 Å². The first-order valence-corrected chi connectivity index (χ1v) is 6.01. The lowest BCUT2D eigenvalue weighted by Gasteiger charge is -2.31. The fraction of sp³-hybridized carbons (Fsp3) is 0.571. The molecular weight excluding hydrogens is 206 g/mol. The molecule has 0 amide bonds. The van der Waals surface area contributed by atoms with Crippen LogP contribution in [0.2, 0.25) is 0 Å². The molecule has 0 saturated heterocycles. The second-order valence-corrected chi connectivity index (χ2v) is 4.89. The maximum Gasteiger partial charge on any atom is 0.251 e. The molecule has 0 nitrogen and oxygen atoms in total. The summed E-state index contributed by atoms with van der Waals surface area (Å²) in [6.07, 6.45) is 2.89. The highest BCUT2D eigenvalue weighted by molar-refractivity contribution is 5.22. The summed E-state index contributed by atoms with van der Waals surface area (Å²) in [6, 6.07) is 7.94. The lowest BCUT2D eigenvalue weighted by atomic mass is 9.81. The molecule has 0 radical (unpaired) electrons. The van der Waals surface area contributed by atoms with Gasteiger partial charge in [-0.1, -0.05) is 36.2 Å². The van der Waals surface area contributed by atoms with Gasteiger partial charge in [-0.2, -0.15) is 0 Å². The highest BCUT2D eigenvalue weighted by Crippen LogP contribution is 2.40. The Kier molecular flexibility index (Phi) is 3.27. The average molecular weight is 224 g/mol. The topological polar surface area (TPSA) is 0 Å². The highest BCUT2D eigenvalue weighted by Gasteiger charge is 2.40. The number of alkyl halides is 2. The van der Waals surface area contributed by atoms with Gasteiger partial charge in [0.1, 0.15) is 0 Å². The van der Waals surface area contributed by atoms with Crippen molar-refractivity contribution >= 4 is 0 Å². The summed E-state index contributed by atoms with van der Waals surface area (Å²) >= 11 is 0. The van der Waals surface area contributed by atoms with Gasteiger partial charge in [0.25, 0.3) is 5.92 Å². The van der Waals surface area contributed by atoms with Crippen LogP contribution in [0.1, 0.15) is 36.8 Å². The van der Waals surface area contributed by atoms with E-state index < -0.39 is 11.8 Å². The molecule has 16 heavy (non-hydrogen) atoms. The zero-order valence-corrected chi connectivity index (χ0v) is 9.68. The van der Waals surface area contributed by atoms with Crippen LogP contribution in [0.3, 0.4) is 0 Å². The Morgan fingerprint density at radius 2 is 1.88 bits per heavy atom. The first-order chi connectivity index (χ1) is 7.58. The van der Waals surface area contributed by atoms with Crippen LogP contribution in [0.5, 0.6) is 0 Å². The Morgan fingerprint density at radius 3 is 2.50 bits per heavy atom. The van der Waals surface area contributed by atoms with E-state index in [2.05, 4.69) is 0 Å². The lowest BCUT2D eigenvalue weighted by Crippen LogP contribution is -2.33. The second kappa shape index (κ2) is 4.52. The number of aryl methyl sites for hydroxylation is 1. The molecule has 0 heterocycles. The molecule has 1 aliphatic carbocycles. The van der Waals surface area contributed by atoms with Crippen molar-refractivity contribution in [3.63, 3.8) is 0 Å². The van der Waals surface area contributed by atoms with Crippen molar-refractivity contribution in [3.8, 4) is 0 Å². The number of halogens is 2. The minimum absolute atomic E-state index is 0.0729. The Balaban J connectivity index is 2.05. The van der Waals surface area contributed by atoms with E-state index in [1.807, 2.05) is 31.2 Å². The SMILES string of the molecule is Cc1ccc(CC2CCCCC2(F)F)cc1. The molecule has 0 aliphatic heterocycles. The molecule has 88 valence electrons. The van der Waals surface area contributed by atoms with E-state index in [0.717, 1.165) is 12.0 Å². The summed E-state index contributed by atoms with van der Waals surface area (Å²) in [6.45, 7) is 2.01. The van der Waals surface area contributed by atoms with Crippen LogP contribution in [-0.2, 0) is 6.42 Å². The van der Waals surface area contributed by atoms with Crippen LogP contribution in [0.15, 0.2) is 24.3 Å². The van der Waals surface area contributed by atoms with Gasteiger partial charge in [0.2, 0.25) is 0 Å². The minimum Gasteiger partial charge on any atom is -0.207 e. The Morgan fingerprint density at radius 1 is 1.19 bits per heavy atom. The molecule has 1 aromatic rings. The van der Waals surface area contributed by atoms with Gasteiger partial charge in [-0.05, 0) is 31.7 Å². The van der Waals surface area contributed by atoms with Crippen LogP contribution in [-0.4, -0.2) is 5.92 Å². The van der Waals surface area contributed by atoms with Crippen LogP contribution >= 0.6 is 0 Å². The maximum atomic E-state index is 13.6. The molecule has 1 unspecified atom stereocenters. The van der Waals surface area contributed by atoms with Gasteiger partial charge in [0.15, 0.2) is 0 Å². The number of hydrogen-bond acceptors (Lipinski definition) is 0. The average Bonchev–Trinajstić information content (AvgIpc) is 2.24. The fourth-order valence-corrected chi connectivity index (χ4v) is 2.43. The monoisotopic (exact) mass is 224 g/mol. The molecule has 1 saturated carbocycles. The first-order valence-electron chi connectivity index (χ1n) is 6.01. The third-order valence-corrected chi connectivity index (χ3v) is 3.51. The van der Waals surface area contributed by atoms with Gasteiger partial charge in [0, 0.05) is 12.3 Å². The zero-order chi connectivity index (χ0) is 11.6. The van der Waals surface area contributed by atoms with Crippen LogP contribution < -0.4 is 0 Å². The van der Waals surface area contributed by atoms with E-state index in [-0.39, 0.29) is 6.42 Å². The van der Waals surface area contributed by atoms with Crippen molar-refractivity contribution in [3.05, 3.63) is 35.4 Å². The maximum absolute atomic E-state index is 13.6. The molecule has 1 aliphatic rings. The molecule has 1 atom stereocenters. The van der Waals surface area contributed by atoms with Gasteiger partial charge in [-0.25, -0.2) is 8.78 Å². The fourth-order valence-electron chi connectivity index (χ4n) is 2.43. The third-order valence-electron chi connectivity index (χ3n) is 3.51. The van der Waals surface area contributed by atoms with E-state index >= 15 is 0 Å². The number of rotatable bonds is 2. The van der Waals surface area contributed by atoms with E-state index in [1.165, 1.54) is 5.56 Å². The predicted octanol–water partition coefficient (Wildman–Crippen LogP) is 4.36. The minimum atomic E-state index is -2.46. The van der Waals surface area contributed by atoms with Gasteiger partial charge < -0.3 is 0 Å². The van der Waals surface area contributed by atoms with E-state index in [0.29, 0.717) is 19.3 Å². The number of benzene rings is 1. The number of hydrogen-bond donors (Lipinski definition) is 0. The summed E-state index contributed by atoms with van der Waals surface area (Å²) in [5.74, 6) is -2.91. The van der Waals surface area contributed by atoms with Crippen LogP contribution in [0.25, 0.3) is 0 Å². The largest absolute Gasteiger partial charge is 0.251 e. The third kappa shape index (κ3) is 2.60. The van der Waals surface area contributed by atoms with E-state index in [9.17, 15) is 8.78 Å². The van der Waals surface area contributed by atoms with Gasteiger partial charge in [-0.15, -0.1) is 0 Å². The van der Waals surface area contributed by atoms with Crippen molar-refractivity contribution in [2.24, 2.45) is 5.92 Å². The molecule has 0 N–H and O–H groups in total. The van der Waals surface area contributed by atoms with Crippen molar-refractivity contribution < 1.29 is 8.78 Å². The molecule has 2 rings (SSSR count). The Labute approximate surface area is 95.7 Å². The summed E-state index contributed by atoms with van der Waals surface area (Å²) < 4.78 is 27.3. The van der Waals surface area contributed by atoms with Crippen molar-refractivity contribution in [2.45, 2.75) is 45.0 Å². The van der Waals surface area contributed by atoms with E-state index in [4.69, 9.17) is 0 Å². The zero-order valence-electron chi connectivity index (χ0n) is 9.68. The van der Waals surface area contributed by atoms with Gasteiger partial charge in [0.05, 0.1) is 0 Å². The standard InChI is InChI=1S/C14H18F2/c1-11-5-7-12(8-6-11)10-13-4-2-3-9-14(13,15)16/h5-8,13H,2-4,9-10H2,1H3. The van der Waals surface area contributed by atoms with Gasteiger partial charge in [-0.3, -0.25) is 0 Å². The molecule has 0 spiro atoms. The first kappa shape index (κ1) is 11.6. The summed E-state index contributed by atoms with van der Waals surface area (Å²) in [5.41, 5.74) is 2.22. The molecule has 0 aromatic heterocycles. The molecule has 1 aromatic carbocycles. The van der Waals surface area contributed by atoms with E-state index in [1.54, 1.807) is 0 Å². The van der Waals surface area contributed by atoms with Crippen molar-refractivity contribution in [2.75, 3.05) is 0 Å². The van der Waals surface area contributed by atoms with Gasteiger partial charge >= 0.3 is 0 Å². The highest BCUT2D eigenvalue weighted by atomic mass is 19.3. The predicted molar refractivity (Wildman–Crippen MR) is 61.8 cm³/mol. The molecule has 1 fully saturated rings. The second-order valence-electron chi connectivity index (χ2n) is 4.89. The Bertz CT molecular complexity index is 340. The Hall–Kier alpha value is -0.920. The van der Waals surface area contributed by atoms with Crippen molar-refractivity contribution in [1.82, 2.24) is 0 Å². The normalized spacial score (nSPS) is 24.3. The lowest BCUT2D eigenvalue weighted by molar-refractivity contribution is -0.0851. The van der Waals surface area contributed by atoms with Crippen molar-refractivity contribution in [1.29, 1.82) is 0 Å². The summed E-state index contributed by atoms with van der Waals surface area (Å²) in [5, 5.41) is 0. The van der Waals surface area contributed by atoms with Crippen LogP contribution in [0, 0.1) is 12.8 Å². The molecular formula is C14H18F2. The smallest absolute Gasteiger partial charge is 0.207 e. The quantitative estimate of drug-likeness (QED) is 0.700. The molecule has 0 bridgehead atoms. The molecule has 2 heteroatoms. The summed E-state index contributed by atoms with van der Waals surface area (Å²) in [4.78, 5) is 0. The summed E-state index contributed by atoms with van der Waals surface area (Å²) in [7, 11) is 0.